The van der Waals surface area contributed by atoms with E-state index in [1.807, 2.05) is 13.8 Å². The fraction of sp³-hybridized carbons (Fsp3) is 0.857. The minimum atomic E-state index is -0.900. The van der Waals surface area contributed by atoms with Gasteiger partial charge in [0.2, 0.25) is 5.91 Å². The number of carboxylic acid groups (broad SMARTS) is 1. The highest BCUT2D eigenvalue weighted by Gasteiger charge is 2.37. The van der Waals surface area contributed by atoms with Crippen LogP contribution in [0.3, 0.4) is 0 Å². The maximum atomic E-state index is 12.1. The molecule has 0 aromatic rings. The molecule has 0 bridgehead atoms. The van der Waals surface area contributed by atoms with Crippen LogP contribution in [-0.4, -0.2) is 35.5 Å². The average Bonchev–Trinajstić information content (AvgIpc) is 2.32. The molecule has 0 spiro atoms. The van der Waals surface area contributed by atoms with Crippen molar-refractivity contribution in [3.63, 3.8) is 0 Å². The molecule has 0 heterocycles. The second-order valence-electron chi connectivity index (χ2n) is 5.47. The lowest BCUT2D eigenvalue weighted by Crippen LogP contribution is -2.38. The molecule has 0 aliphatic heterocycles. The van der Waals surface area contributed by atoms with Crippen LogP contribution in [-0.2, 0) is 9.59 Å². The number of hydrogen-bond acceptors (Lipinski definition) is 2. The average molecular weight is 257 g/mol. The van der Waals surface area contributed by atoms with Gasteiger partial charge in [0.1, 0.15) is 0 Å². The van der Waals surface area contributed by atoms with Crippen molar-refractivity contribution in [3.05, 3.63) is 0 Å². The smallest absolute Gasteiger partial charge is 0.310 e. The highest BCUT2D eigenvalue weighted by molar-refractivity contribution is 5.84. The molecule has 0 saturated heterocycles. The second kappa shape index (κ2) is 7.39. The van der Waals surface area contributed by atoms with E-state index in [4.69, 9.17) is 0 Å². The van der Waals surface area contributed by atoms with Crippen molar-refractivity contribution in [2.45, 2.75) is 53.4 Å². The van der Waals surface area contributed by atoms with Gasteiger partial charge in [-0.25, -0.2) is 0 Å². The maximum Gasteiger partial charge on any atom is 0.310 e. The highest BCUT2D eigenvalue weighted by atomic mass is 16.4. The van der Waals surface area contributed by atoms with Crippen LogP contribution in [0.4, 0.5) is 0 Å². The molecule has 0 saturated carbocycles. The fourth-order valence-corrected chi connectivity index (χ4v) is 1.88. The molecule has 4 heteroatoms. The van der Waals surface area contributed by atoms with E-state index in [1.165, 1.54) is 0 Å². The van der Waals surface area contributed by atoms with Crippen molar-refractivity contribution in [2.24, 2.45) is 11.3 Å². The van der Waals surface area contributed by atoms with Crippen molar-refractivity contribution < 1.29 is 14.7 Å². The van der Waals surface area contributed by atoms with Crippen molar-refractivity contribution in [1.29, 1.82) is 0 Å². The number of carbonyl (C=O) groups excluding carboxylic acids is 1. The van der Waals surface area contributed by atoms with Gasteiger partial charge < -0.3 is 10.0 Å². The van der Waals surface area contributed by atoms with Gasteiger partial charge in [-0.3, -0.25) is 9.59 Å². The summed E-state index contributed by atoms with van der Waals surface area (Å²) in [4.78, 5) is 25.0. The quantitative estimate of drug-likeness (QED) is 0.727. The van der Waals surface area contributed by atoms with Gasteiger partial charge in [0, 0.05) is 20.0 Å². The Balaban J connectivity index is 4.56. The first-order valence-electron chi connectivity index (χ1n) is 6.76. The molecule has 4 nitrogen and oxygen atoms in total. The Bertz CT molecular complexity index is 283. The normalized spacial score (nSPS) is 11.7. The molecular weight excluding hydrogens is 230 g/mol. The van der Waals surface area contributed by atoms with Crippen LogP contribution < -0.4 is 0 Å². The van der Waals surface area contributed by atoms with Gasteiger partial charge in [-0.05, 0) is 25.2 Å². The number of rotatable bonds is 8. The molecule has 1 N–H and O–H groups in total. The molecular formula is C14H27NO3. The lowest BCUT2D eigenvalue weighted by molar-refractivity contribution is -0.154. The third kappa shape index (κ3) is 4.67. The van der Waals surface area contributed by atoms with Crippen molar-refractivity contribution in [2.75, 3.05) is 13.6 Å². The molecule has 0 aromatic heterocycles. The fourth-order valence-electron chi connectivity index (χ4n) is 1.88. The summed E-state index contributed by atoms with van der Waals surface area (Å²) < 4.78 is 0. The van der Waals surface area contributed by atoms with Crippen LogP contribution in [0.15, 0.2) is 0 Å². The SMILES string of the molecule is CCC(CC)(CC(=O)N(C)CCC(C)C)C(=O)O. The monoisotopic (exact) mass is 257 g/mol. The first-order chi connectivity index (χ1) is 8.29. The molecule has 0 atom stereocenters. The van der Waals surface area contributed by atoms with E-state index in [1.54, 1.807) is 11.9 Å². The van der Waals surface area contributed by atoms with Crippen molar-refractivity contribution in [1.82, 2.24) is 4.90 Å². The van der Waals surface area contributed by atoms with Gasteiger partial charge in [-0.2, -0.15) is 0 Å². The first kappa shape index (κ1) is 16.9. The molecule has 1 amide bonds. The van der Waals surface area contributed by atoms with Gasteiger partial charge in [0.05, 0.1) is 5.41 Å². The first-order valence-corrected chi connectivity index (χ1v) is 6.76. The maximum absolute atomic E-state index is 12.1. The predicted molar refractivity (Wildman–Crippen MR) is 72.4 cm³/mol. The number of carbonyl (C=O) groups is 2. The van der Waals surface area contributed by atoms with Gasteiger partial charge in [-0.15, -0.1) is 0 Å². The van der Waals surface area contributed by atoms with Crippen LogP contribution in [0, 0.1) is 11.3 Å². The van der Waals surface area contributed by atoms with E-state index in [0.29, 0.717) is 25.3 Å². The summed E-state index contributed by atoms with van der Waals surface area (Å²) in [6.45, 7) is 8.58. The van der Waals surface area contributed by atoms with Crippen molar-refractivity contribution in [3.8, 4) is 0 Å². The molecule has 0 unspecified atom stereocenters. The van der Waals surface area contributed by atoms with Gasteiger partial charge >= 0.3 is 5.97 Å². The van der Waals surface area contributed by atoms with E-state index in [9.17, 15) is 14.7 Å². The van der Waals surface area contributed by atoms with Crippen LogP contribution in [0.1, 0.15) is 53.4 Å². The number of nitrogens with zero attached hydrogens (tertiary/aromatic N) is 1. The van der Waals surface area contributed by atoms with Crippen LogP contribution >= 0.6 is 0 Å². The Morgan fingerprint density at radius 2 is 1.72 bits per heavy atom. The number of hydrogen-bond donors (Lipinski definition) is 1. The molecule has 0 aliphatic carbocycles. The zero-order valence-electron chi connectivity index (χ0n) is 12.3. The van der Waals surface area contributed by atoms with E-state index in [0.717, 1.165) is 6.42 Å². The summed E-state index contributed by atoms with van der Waals surface area (Å²) >= 11 is 0. The lowest BCUT2D eigenvalue weighted by Gasteiger charge is -2.28. The lowest BCUT2D eigenvalue weighted by atomic mass is 9.79. The predicted octanol–water partition coefficient (Wildman–Crippen LogP) is 2.77. The molecule has 0 radical (unpaired) electrons. The largest absolute Gasteiger partial charge is 0.481 e. The minimum absolute atomic E-state index is 0.0678. The van der Waals surface area contributed by atoms with Gasteiger partial charge in [-0.1, -0.05) is 27.7 Å². The minimum Gasteiger partial charge on any atom is -0.481 e. The summed E-state index contributed by atoms with van der Waals surface area (Å²) in [7, 11) is 1.75. The Kier molecular flexibility index (Phi) is 6.96. The third-order valence-electron chi connectivity index (χ3n) is 3.76. The second-order valence-corrected chi connectivity index (χ2v) is 5.47. The van der Waals surface area contributed by atoms with E-state index in [2.05, 4.69) is 13.8 Å². The third-order valence-corrected chi connectivity index (χ3v) is 3.76. The molecule has 0 rings (SSSR count). The molecule has 0 aliphatic rings. The Morgan fingerprint density at radius 1 is 1.22 bits per heavy atom. The van der Waals surface area contributed by atoms with Gasteiger partial charge in [0.25, 0.3) is 0 Å². The molecule has 0 fully saturated rings. The van der Waals surface area contributed by atoms with Crippen LogP contribution in [0.2, 0.25) is 0 Å². The van der Waals surface area contributed by atoms with E-state index >= 15 is 0 Å². The Labute approximate surface area is 110 Å². The molecule has 0 aromatic carbocycles. The van der Waals surface area contributed by atoms with E-state index in [-0.39, 0.29) is 12.3 Å². The molecule has 106 valence electrons. The molecule has 18 heavy (non-hydrogen) atoms. The zero-order chi connectivity index (χ0) is 14.3. The Morgan fingerprint density at radius 3 is 2.06 bits per heavy atom. The number of amides is 1. The zero-order valence-corrected chi connectivity index (χ0v) is 12.3. The summed E-state index contributed by atoms with van der Waals surface area (Å²) in [5.74, 6) is -0.387. The standard InChI is InChI=1S/C14H27NO3/c1-6-14(7-2,13(17)18)10-12(16)15(5)9-8-11(3)4/h11H,6-10H2,1-5H3,(H,17,18). The van der Waals surface area contributed by atoms with E-state index < -0.39 is 11.4 Å². The van der Waals surface area contributed by atoms with Crippen LogP contribution in [0.25, 0.3) is 0 Å². The summed E-state index contributed by atoms with van der Waals surface area (Å²) in [6.07, 6.45) is 2.02. The number of carboxylic acids is 1. The van der Waals surface area contributed by atoms with Gasteiger partial charge in [0.15, 0.2) is 0 Å². The summed E-state index contributed by atoms with van der Waals surface area (Å²) in [5, 5.41) is 9.30. The van der Waals surface area contributed by atoms with Crippen LogP contribution in [0.5, 0.6) is 0 Å². The summed E-state index contributed by atoms with van der Waals surface area (Å²) in [6, 6.07) is 0. The number of aliphatic carboxylic acids is 1. The van der Waals surface area contributed by atoms with Crippen molar-refractivity contribution >= 4 is 11.9 Å². The topological polar surface area (TPSA) is 57.6 Å². The summed E-state index contributed by atoms with van der Waals surface area (Å²) in [5.41, 5.74) is -0.900. The highest BCUT2D eigenvalue weighted by Crippen LogP contribution is 2.31. The Hall–Kier alpha value is -1.06.